The van der Waals surface area contributed by atoms with E-state index in [1.54, 1.807) is 0 Å². The first-order valence-electron chi connectivity index (χ1n) is 5.18. The zero-order valence-corrected chi connectivity index (χ0v) is 9.68. The van der Waals surface area contributed by atoms with Crippen molar-refractivity contribution < 1.29 is 0 Å². The SMILES string of the molecule is Cc1sccc1C1C(CN)CCN1C. The third-order valence-electron chi connectivity index (χ3n) is 3.29. The van der Waals surface area contributed by atoms with Crippen LogP contribution in [-0.4, -0.2) is 25.0 Å². The Kier molecular flexibility index (Phi) is 2.91. The lowest BCUT2D eigenvalue weighted by molar-refractivity contribution is 0.279. The highest BCUT2D eigenvalue weighted by Gasteiger charge is 2.32. The van der Waals surface area contributed by atoms with Crippen molar-refractivity contribution in [2.45, 2.75) is 19.4 Å². The molecule has 2 unspecified atom stereocenters. The molecule has 0 amide bonds. The van der Waals surface area contributed by atoms with Crippen LogP contribution in [0.4, 0.5) is 0 Å². The molecule has 0 aromatic carbocycles. The molecule has 0 spiro atoms. The van der Waals surface area contributed by atoms with Gasteiger partial charge in [-0.25, -0.2) is 0 Å². The van der Waals surface area contributed by atoms with E-state index in [9.17, 15) is 0 Å². The van der Waals surface area contributed by atoms with E-state index in [0.717, 1.165) is 6.54 Å². The summed E-state index contributed by atoms with van der Waals surface area (Å²) in [6.45, 7) is 4.20. The second kappa shape index (κ2) is 4.01. The third-order valence-corrected chi connectivity index (χ3v) is 4.16. The second-order valence-electron chi connectivity index (χ2n) is 4.14. The average Bonchev–Trinajstić information content (AvgIpc) is 2.72. The van der Waals surface area contributed by atoms with Crippen molar-refractivity contribution in [2.75, 3.05) is 20.1 Å². The Morgan fingerprint density at radius 3 is 3.00 bits per heavy atom. The van der Waals surface area contributed by atoms with E-state index in [1.165, 1.54) is 23.4 Å². The van der Waals surface area contributed by atoms with Gasteiger partial charge in [0, 0.05) is 10.9 Å². The Morgan fingerprint density at radius 1 is 1.64 bits per heavy atom. The predicted octanol–water partition coefficient (Wildman–Crippen LogP) is 2.01. The molecule has 0 saturated carbocycles. The number of hydrogen-bond acceptors (Lipinski definition) is 3. The molecule has 0 aliphatic carbocycles. The molecule has 3 heteroatoms. The van der Waals surface area contributed by atoms with Crippen LogP contribution in [0.5, 0.6) is 0 Å². The van der Waals surface area contributed by atoms with Crippen LogP contribution >= 0.6 is 11.3 Å². The normalized spacial score (nSPS) is 28.5. The molecular formula is C11H18N2S. The van der Waals surface area contributed by atoms with Gasteiger partial charge in [-0.2, -0.15) is 0 Å². The summed E-state index contributed by atoms with van der Waals surface area (Å²) >= 11 is 1.84. The summed E-state index contributed by atoms with van der Waals surface area (Å²) in [4.78, 5) is 3.88. The van der Waals surface area contributed by atoms with Gasteiger partial charge in [0.05, 0.1) is 0 Å². The fourth-order valence-electron chi connectivity index (χ4n) is 2.47. The van der Waals surface area contributed by atoms with Gasteiger partial charge in [-0.1, -0.05) is 0 Å². The predicted molar refractivity (Wildman–Crippen MR) is 61.6 cm³/mol. The maximum atomic E-state index is 5.82. The maximum absolute atomic E-state index is 5.82. The summed E-state index contributed by atoms with van der Waals surface area (Å²) in [5.41, 5.74) is 7.31. The van der Waals surface area contributed by atoms with Gasteiger partial charge in [-0.3, -0.25) is 4.90 Å². The first-order valence-corrected chi connectivity index (χ1v) is 6.06. The van der Waals surface area contributed by atoms with Crippen molar-refractivity contribution in [3.8, 4) is 0 Å². The number of rotatable bonds is 2. The number of likely N-dealkylation sites (tertiary alicyclic amines) is 1. The Labute approximate surface area is 89.7 Å². The van der Waals surface area contributed by atoms with Gasteiger partial charge in [0.2, 0.25) is 0 Å². The molecule has 2 nitrogen and oxygen atoms in total. The van der Waals surface area contributed by atoms with Crippen molar-refractivity contribution in [1.29, 1.82) is 0 Å². The van der Waals surface area contributed by atoms with Crippen LogP contribution < -0.4 is 5.73 Å². The van der Waals surface area contributed by atoms with E-state index in [2.05, 4.69) is 30.3 Å². The minimum atomic E-state index is 0.561. The van der Waals surface area contributed by atoms with Crippen molar-refractivity contribution in [1.82, 2.24) is 4.90 Å². The topological polar surface area (TPSA) is 29.3 Å². The molecule has 2 heterocycles. The van der Waals surface area contributed by atoms with Crippen LogP contribution in [0, 0.1) is 12.8 Å². The highest BCUT2D eigenvalue weighted by atomic mass is 32.1. The summed E-state index contributed by atoms with van der Waals surface area (Å²) in [5.74, 6) is 0.647. The minimum absolute atomic E-state index is 0.561. The van der Waals surface area contributed by atoms with Crippen molar-refractivity contribution in [3.05, 3.63) is 21.9 Å². The van der Waals surface area contributed by atoms with E-state index in [4.69, 9.17) is 5.73 Å². The van der Waals surface area contributed by atoms with Crippen molar-refractivity contribution in [3.63, 3.8) is 0 Å². The number of aryl methyl sites for hydroxylation is 1. The summed E-state index contributed by atoms with van der Waals surface area (Å²) < 4.78 is 0. The van der Waals surface area contributed by atoms with Crippen LogP contribution in [0.3, 0.4) is 0 Å². The zero-order chi connectivity index (χ0) is 10.1. The Morgan fingerprint density at radius 2 is 2.43 bits per heavy atom. The Balaban J connectivity index is 2.27. The smallest absolute Gasteiger partial charge is 0.0396 e. The van der Waals surface area contributed by atoms with Gasteiger partial charge in [-0.05, 0) is 56.4 Å². The first-order chi connectivity index (χ1) is 6.74. The number of thiophene rings is 1. The average molecular weight is 210 g/mol. The lowest BCUT2D eigenvalue weighted by atomic mass is 9.94. The Hall–Kier alpha value is -0.380. The molecule has 1 aromatic heterocycles. The monoisotopic (exact) mass is 210 g/mol. The molecule has 1 aromatic rings. The Bertz CT molecular complexity index is 308. The number of nitrogens with two attached hydrogens (primary N) is 1. The molecule has 2 atom stereocenters. The quantitative estimate of drug-likeness (QED) is 0.809. The first kappa shape index (κ1) is 10.1. The summed E-state index contributed by atoms with van der Waals surface area (Å²) in [6.07, 6.45) is 1.24. The molecule has 1 aliphatic heterocycles. The van der Waals surface area contributed by atoms with E-state index in [1.807, 2.05) is 11.3 Å². The van der Waals surface area contributed by atoms with Crippen molar-refractivity contribution in [2.24, 2.45) is 11.7 Å². The van der Waals surface area contributed by atoms with E-state index < -0.39 is 0 Å². The minimum Gasteiger partial charge on any atom is -0.330 e. The molecule has 0 radical (unpaired) electrons. The summed E-state index contributed by atoms with van der Waals surface area (Å²) in [6, 6.07) is 2.82. The molecule has 2 rings (SSSR count). The molecule has 14 heavy (non-hydrogen) atoms. The van der Waals surface area contributed by atoms with Crippen LogP contribution in [0.1, 0.15) is 22.9 Å². The fraction of sp³-hybridized carbons (Fsp3) is 0.636. The van der Waals surface area contributed by atoms with Crippen LogP contribution in [0.2, 0.25) is 0 Å². The molecule has 1 saturated heterocycles. The largest absolute Gasteiger partial charge is 0.330 e. The molecule has 1 fully saturated rings. The van der Waals surface area contributed by atoms with Gasteiger partial charge in [0.1, 0.15) is 0 Å². The van der Waals surface area contributed by atoms with E-state index in [0.29, 0.717) is 12.0 Å². The third kappa shape index (κ3) is 1.60. The second-order valence-corrected chi connectivity index (χ2v) is 5.26. The zero-order valence-electron chi connectivity index (χ0n) is 8.86. The number of nitrogens with zero attached hydrogens (tertiary/aromatic N) is 1. The highest BCUT2D eigenvalue weighted by Crippen LogP contribution is 2.38. The van der Waals surface area contributed by atoms with E-state index >= 15 is 0 Å². The lowest BCUT2D eigenvalue weighted by Crippen LogP contribution is -2.25. The lowest BCUT2D eigenvalue weighted by Gasteiger charge is -2.24. The highest BCUT2D eigenvalue weighted by molar-refractivity contribution is 7.10. The van der Waals surface area contributed by atoms with Crippen LogP contribution in [-0.2, 0) is 0 Å². The van der Waals surface area contributed by atoms with Gasteiger partial charge < -0.3 is 5.73 Å². The van der Waals surface area contributed by atoms with Crippen molar-refractivity contribution >= 4 is 11.3 Å². The molecule has 78 valence electrons. The van der Waals surface area contributed by atoms with Gasteiger partial charge in [0.15, 0.2) is 0 Å². The molecule has 0 bridgehead atoms. The number of hydrogen-bond donors (Lipinski definition) is 1. The maximum Gasteiger partial charge on any atom is 0.0396 e. The molecule has 1 aliphatic rings. The molecule has 2 N–H and O–H groups in total. The van der Waals surface area contributed by atoms with Gasteiger partial charge in [0.25, 0.3) is 0 Å². The van der Waals surface area contributed by atoms with Gasteiger partial charge >= 0.3 is 0 Å². The molecular weight excluding hydrogens is 192 g/mol. The van der Waals surface area contributed by atoms with Crippen LogP contribution in [0.15, 0.2) is 11.4 Å². The van der Waals surface area contributed by atoms with Crippen LogP contribution in [0.25, 0.3) is 0 Å². The van der Waals surface area contributed by atoms with E-state index in [-0.39, 0.29) is 0 Å². The summed E-state index contributed by atoms with van der Waals surface area (Å²) in [5, 5.41) is 2.18. The fourth-order valence-corrected chi connectivity index (χ4v) is 3.21. The van der Waals surface area contributed by atoms with Gasteiger partial charge in [-0.15, -0.1) is 11.3 Å². The summed E-state index contributed by atoms with van der Waals surface area (Å²) in [7, 11) is 2.21. The standard InChI is InChI=1S/C11H18N2S/c1-8-10(4-6-14-8)11-9(7-12)3-5-13(11)2/h4,6,9,11H,3,5,7,12H2,1-2H3.